The lowest BCUT2D eigenvalue weighted by Crippen LogP contribution is -2.19. The maximum absolute atomic E-state index is 6.07. The van der Waals surface area contributed by atoms with E-state index in [0.717, 1.165) is 36.9 Å². The monoisotopic (exact) mass is 237 g/mol. The number of rotatable bonds is 1. The Bertz CT molecular complexity index is 505. The predicted molar refractivity (Wildman–Crippen MR) is 61.4 cm³/mol. The molecule has 0 amide bonds. The average molecular weight is 238 g/mol. The summed E-state index contributed by atoms with van der Waals surface area (Å²) in [5, 5.41) is 5.69. The van der Waals surface area contributed by atoms with Crippen molar-refractivity contribution >= 4 is 22.6 Å². The van der Waals surface area contributed by atoms with Crippen LogP contribution in [0.15, 0.2) is 18.3 Å². The number of nitrogens with zero attached hydrogens (tertiary/aromatic N) is 3. The summed E-state index contributed by atoms with van der Waals surface area (Å²) in [6.45, 7) is 0.788. The highest BCUT2D eigenvalue weighted by atomic mass is 35.5. The van der Waals surface area contributed by atoms with E-state index in [1.54, 1.807) is 10.9 Å². The minimum Gasteiger partial charge on any atom is -0.356 e. The van der Waals surface area contributed by atoms with Crippen molar-refractivity contribution in [2.75, 3.05) is 6.61 Å². The van der Waals surface area contributed by atoms with Crippen LogP contribution in [0.3, 0.4) is 0 Å². The molecule has 2 aromatic rings. The fraction of sp³-hybridized carbons (Fsp3) is 0.455. The molecule has 0 aromatic carbocycles. The summed E-state index contributed by atoms with van der Waals surface area (Å²) in [4.78, 5) is 4.31. The van der Waals surface area contributed by atoms with Gasteiger partial charge in [0.25, 0.3) is 0 Å². The lowest BCUT2D eigenvalue weighted by Gasteiger charge is -2.22. The summed E-state index contributed by atoms with van der Waals surface area (Å²) < 4.78 is 7.49. The van der Waals surface area contributed by atoms with Gasteiger partial charge in [0.2, 0.25) is 0 Å². The van der Waals surface area contributed by atoms with Gasteiger partial charge in [-0.05, 0) is 31.4 Å². The molecule has 1 unspecified atom stereocenters. The molecule has 84 valence electrons. The van der Waals surface area contributed by atoms with Crippen LogP contribution in [0.2, 0.25) is 5.15 Å². The number of ether oxygens (including phenoxy) is 1. The number of fused-ring (bicyclic) bond motifs is 1. The SMILES string of the molecule is Clc1nn(C2CCCCO2)c2ncccc12. The first kappa shape index (κ1) is 10.1. The third kappa shape index (κ3) is 1.58. The predicted octanol–water partition coefficient (Wildman–Crippen LogP) is 2.78. The Morgan fingerprint density at radius 3 is 3.19 bits per heavy atom. The van der Waals surface area contributed by atoms with E-state index in [9.17, 15) is 0 Å². The highest BCUT2D eigenvalue weighted by Gasteiger charge is 2.20. The number of hydrogen-bond donors (Lipinski definition) is 0. The third-order valence-electron chi connectivity index (χ3n) is 2.85. The van der Waals surface area contributed by atoms with Crippen LogP contribution < -0.4 is 0 Å². The Labute approximate surface area is 98.2 Å². The molecule has 1 aliphatic heterocycles. The van der Waals surface area contributed by atoms with Gasteiger partial charge in [0.1, 0.15) is 0 Å². The fourth-order valence-corrected chi connectivity index (χ4v) is 2.28. The van der Waals surface area contributed by atoms with Gasteiger partial charge in [-0.25, -0.2) is 9.67 Å². The Morgan fingerprint density at radius 1 is 1.44 bits per heavy atom. The van der Waals surface area contributed by atoms with Crippen molar-refractivity contribution in [3.8, 4) is 0 Å². The quantitative estimate of drug-likeness (QED) is 0.766. The first-order valence-corrected chi connectivity index (χ1v) is 5.84. The molecule has 3 rings (SSSR count). The molecule has 3 heterocycles. The van der Waals surface area contributed by atoms with Gasteiger partial charge in [-0.2, -0.15) is 5.10 Å². The molecule has 4 nitrogen and oxygen atoms in total. The maximum Gasteiger partial charge on any atom is 0.162 e. The van der Waals surface area contributed by atoms with Crippen LogP contribution in [0.1, 0.15) is 25.5 Å². The van der Waals surface area contributed by atoms with Crippen LogP contribution in [-0.4, -0.2) is 21.4 Å². The normalized spacial score (nSPS) is 21.4. The van der Waals surface area contributed by atoms with Crippen molar-refractivity contribution in [3.63, 3.8) is 0 Å². The summed E-state index contributed by atoms with van der Waals surface area (Å²) in [6, 6.07) is 3.79. The molecule has 1 atom stereocenters. The zero-order valence-corrected chi connectivity index (χ0v) is 9.52. The molecule has 16 heavy (non-hydrogen) atoms. The molecular weight excluding hydrogens is 226 g/mol. The zero-order chi connectivity index (χ0) is 11.0. The number of halogens is 1. The van der Waals surface area contributed by atoms with Gasteiger partial charge in [-0.1, -0.05) is 11.6 Å². The molecule has 0 spiro atoms. The van der Waals surface area contributed by atoms with E-state index >= 15 is 0 Å². The second-order valence-corrected chi connectivity index (χ2v) is 4.29. The van der Waals surface area contributed by atoms with Crippen LogP contribution in [0.5, 0.6) is 0 Å². The number of pyridine rings is 1. The average Bonchev–Trinajstić information content (AvgIpc) is 2.69. The van der Waals surface area contributed by atoms with E-state index in [-0.39, 0.29) is 6.23 Å². The van der Waals surface area contributed by atoms with Gasteiger partial charge in [0.15, 0.2) is 17.0 Å². The van der Waals surface area contributed by atoms with E-state index in [4.69, 9.17) is 16.3 Å². The summed E-state index contributed by atoms with van der Waals surface area (Å²) in [6.07, 6.45) is 5.00. The molecule has 1 fully saturated rings. The van der Waals surface area contributed by atoms with Crippen LogP contribution >= 0.6 is 11.6 Å². The summed E-state index contributed by atoms with van der Waals surface area (Å²) in [7, 11) is 0. The third-order valence-corrected chi connectivity index (χ3v) is 3.13. The van der Waals surface area contributed by atoms with E-state index in [0.29, 0.717) is 5.15 Å². The molecule has 1 saturated heterocycles. The van der Waals surface area contributed by atoms with Crippen LogP contribution in [0.4, 0.5) is 0 Å². The standard InChI is InChI=1S/C11H12ClN3O/c12-10-8-4-3-6-13-11(8)15(14-10)9-5-1-2-7-16-9/h3-4,6,9H,1-2,5,7H2. The number of aromatic nitrogens is 3. The van der Waals surface area contributed by atoms with Gasteiger partial charge in [-0.15, -0.1) is 0 Å². The Balaban J connectivity index is 2.08. The van der Waals surface area contributed by atoms with Crippen molar-refractivity contribution in [2.24, 2.45) is 0 Å². The van der Waals surface area contributed by atoms with Crippen molar-refractivity contribution in [2.45, 2.75) is 25.5 Å². The van der Waals surface area contributed by atoms with Crippen molar-refractivity contribution < 1.29 is 4.74 Å². The maximum atomic E-state index is 6.07. The van der Waals surface area contributed by atoms with E-state index < -0.39 is 0 Å². The first-order valence-electron chi connectivity index (χ1n) is 5.46. The van der Waals surface area contributed by atoms with Gasteiger partial charge in [0.05, 0.1) is 5.39 Å². The lowest BCUT2D eigenvalue weighted by molar-refractivity contribution is -0.0369. The highest BCUT2D eigenvalue weighted by Crippen LogP contribution is 2.28. The largest absolute Gasteiger partial charge is 0.356 e. The van der Waals surface area contributed by atoms with Gasteiger partial charge >= 0.3 is 0 Å². The minimum absolute atomic E-state index is 0.0151. The van der Waals surface area contributed by atoms with E-state index in [2.05, 4.69) is 10.1 Å². The zero-order valence-electron chi connectivity index (χ0n) is 8.77. The van der Waals surface area contributed by atoms with Gasteiger partial charge in [-0.3, -0.25) is 0 Å². The fourth-order valence-electron chi connectivity index (χ4n) is 2.05. The smallest absolute Gasteiger partial charge is 0.162 e. The Hall–Kier alpha value is -1.13. The molecule has 0 saturated carbocycles. The topological polar surface area (TPSA) is 39.9 Å². The second-order valence-electron chi connectivity index (χ2n) is 3.93. The molecule has 0 radical (unpaired) electrons. The molecule has 2 aromatic heterocycles. The van der Waals surface area contributed by atoms with E-state index in [1.807, 2.05) is 12.1 Å². The van der Waals surface area contributed by atoms with Crippen LogP contribution in [-0.2, 0) is 4.74 Å². The lowest BCUT2D eigenvalue weighted by atomic mass is 10.2. The second kappa shape index (κ2) is 4.03. The molecular formula is C11H12ClN3O. The molecule has 0 bridgehead atoms. The molecule has 5 heteroatoms. The first-order chi connectivity index (χ1) is 7.86. The van der Waals surface area contributed by atoms with Crippen LogP contribution in [0.25, 0.3) is 11.0 Å². The number of hydrogen-bond acceptors (Lipinski definition) is 3. The molecule has 1 aliphatic rings. The van der Waals surface area contributed by atoms with Crippen molar-refractivity contribution in [1.29, 1.82) is 0 Å². The van der Waals surface area contributed by atoms with Gasteiger partial charge < -0.3 is 4.74 Å². The van der Waals surface area contributed by atoms with E-state index in [1.165, 1.54) is 0 Å². The highest BCUT2D eigenvalue weighted by molar-refractivity contribution is 6.34. The Morgan fingerprint density at radius 2 is 2.38 bits per heavy atom. The Kier molecular flexibility index (Phi) is 2.53. The minimum atomic E-state index is -0.0151. The van der Waals surface area contributed by atoms with Crippen molar-refractivity contribution in [1.82, 2.24) is 14.8 Å². The van der Waals surface area contributed by atoms with Crippen LogP contribution in [0, 0.1) is 0 Å². The summed E-state index contributed by atoms with van der Waals surface area (Å²) >= 11 is 6.07. The van der Waals surface area contributed by atoms with Gasteiger partial charge in [0, 0.05) is 12.8 Å². The summed E-state index contributed by atoms with van der Waals surface area (Å²) in [5.74, 6) is 0. The summed E-state index contributed by atoms with van der Waals surface area (Å²) in [5.41, 5.74) is 0.805. The molecule has 0 N–H and O–H groups in total. The van der Waals surface area contributed by atoms with Crippen molar-refractivity contribution in [3.05, 3.63) is 23.5 Å². The molecule has 0 aliphatic carbocycles.